The highest BCUT2D eigenvalue weighted by atomic mass is 32.1. The molecule has 2 rings (SSSR count). The summed E-state index contributed by atoms with van der Waals surface area (Å²) < 4.78 is 0. The molecule has 3 nitrogen and oxygen atoms in total. The van der Waals surface area contributed by atoms with Crippen LogP contribution in [0.3, 0.4) is 0 Å². The lowest BCUT2D eigenvalue weighted by Gasteiger charge is -1.98. The molecular formula is C10H13N3S2. The summed E-state index contributed by atoms with van der Waals surface area (Å²) in [5.74, 6) is 0. The van der Waals surface area contributed by atoms with Gasteiger partial charge in [0.1, 0.15) is 0 Å². The van der Waals surface area contributed by atoms with Gasteiger partial charge in [0.15, 0.2) is 0 Å². The molecule has 5 heteroatoms. The van der Waals surface area contributed by atoms with Gasteiger partial charge in [-0.15, -0.1) is 22.7 Å². The van der Waals surface area contributed by atoms with E-state index < -0.39 is 0 Å². The smallest absolute Gasteiger partial charge is 0.0926 e. The first-order valence-corrected chi connectivity index (χ1v) is 6.71. The largest absolute Gasteiger partial charge is 0.305 e. The number of aryl methyl sites for hydroxylation is 1. The molecule has 0 saturated heterocycles. The normalized spacial score (nSPS) is 10.7. The van der Waals surface area contributed by atoms with Gasteiger partial charge >= 0.3 is 0 Å². The van der Waals surface area contributed by atoms with Gasteiger partial charge in [0.05, 0.1) is 21.9 Å². The van der Waals surface area contributed by atoms with E-state index in [-0.39, 0.29) is 0 Å². The molecular weight excluding hydrogens is 226 g/mol. The average molecular weight is 239 g/mol. The van der Waals surface area contributed by atoms with E-state index in [2.05, 4.69) is 33.0 Å². The molecule has 0 aliphatic rings. The summed E-state index contributed by atoms with van der Waals surface area (Å²) in [5, 5.41) is 8.72. The molecule has 2 heterocycles. The molecule has 0 amide bonds. The van der Waals surface area contributed by atoms with Crippen molar-refractivity contribution in [1.82, 2.24) is 15.3 Å². The highest BCUT2D eigenvalue weighted by molar-refractivity contribution is 7.09. The van der Waals surface area contributed by atoms with Crippen LogP contribution in [-0.2, 0) is 19.5 Å². The fourth-order valence-electron chi connectivity index (χ4n) is 1.24. The first kappa shape index (κ1) is 10.7. The van der Waals surface area contributed by atoms with Gasteiger partial charge < -0.3 is 5.32 Å². The van der Waals surface area contributed by atoms with Gasteiger partial charge in [-0.1, -0.05) is 6.92 Å². The minimum atomic E-state index is 0.822. The predicted molar refractivity (Wildman–Crippen MR) is 64.1 cm³/mol. The van der Waals surface area contributed by atoms with E-state index in [1.807, 2.05) is 5.51 Å². The van der Waals surface area contributed by atoms with Gasteiger partial charge in [-0.2, -0.15) is 0 Å². The maximum absolute atomic E-state index is 4.49. The zero-order valence-corrected chi connectivity index (χ0v) is 10.2. The van der Waals surface area contributed by atoms with Crippen molar-refractivity contribution in [3.05, 3.63) is 32.7 Å². The molecule has 0 radical (unpaired) electrons. The molecule has 0 aliphatic heterocycles. The van der Waals surface area contributed by atoms with Crippen LogP contribution in [-0.4, -0.2) is 9.97 Å². The molecule has 0 bridgehead atoms. The summed E-state index contributed by atoms with van der Waals surface area (Å²) in [7, 11) is 0. The molecule has 2 aromatic rings. The van der Waals surface area contributed by atoms with Crippen LogP contribution >= 0.6 is 22.7 Å². The Hall–Kier alpha value is -0.780. The third kappa shape index (κ3) is 3.09. The Morgan fingerprint density at radius 3 is 2.80 bits per heavy atom. The lowest BCUT2D eigenvalue weighted by atomic mass is 10.4. The minimum Gasteiger partial charge on any atom is -0.305 e. The van der Waals surface area contributed by atoms with Crippen molar-refractivity contribution < 1.29 is 0 Å². The van der Waals surface area contributed by atoms with Gasteiger partial charge in [-0.05, 0) is 6.42 Å². The SMILES string of the molecule is CCc1nc(CNCc2cscn2)cs1. The summed E-state index contributed by atoms with van der Waals surface area (Å²) in [6.07, 6.45) is 1.02. The van der Waals surface area contributed by atoms with E-state index in [1.54, 1.807) is 22.7 Å². The lowest BCUT2D eigenvalue weighted by Crippen LogP contribution is -2.13. The topological polar surface area (TPSA) is 37.8 Å². The molecule has 2 aromatic heterocycles. The highest BCUT2D eigenvalue weighted by Gasteiger charge is 2.00. The number of hydrogen-bond acceptors (Lipinski definition) is 5. The van der Waals surface area contributed by atoms with E-state index in [0.717, 1.165) is 30.9 Å². The van der Waals surface area contributed by atoms with Gasteiger partial charge in [0.25, 0.3) is 0 Å². The molecule has 0 spiro atoms. The van der Waals surface area contributed by atoms with Gasteiger partial charge in [0.2, 0.25) is 0 Å². The molecule has 0 fully saturated rings. The summed E-state index contributed by atoms with van der Waals surface area (Å²) in [5.41, 5.74) is 4.09. The van der Waals surface area contributed by atoms with Crippen LogP contribution in [0.4, 0.5) is 0 Å². The second-order valence-corrected chi connectivity index (χ2v) is 4.83. The van der Waals surface area contributed by atoms with Gasteiger partial charge in [-0.3, -0.25) is 0 Å². The molecule has 0 aromatic carbocycles. The number of nitrogens with one attached hydrogen (secondary N) is 1. The van der Waals surface area contributed by atoms with Crippen LogP contribution in [0.2, 0.25) is 0 Å². The Kier molecular flexibility index (Phi) is 3.82. The van der Waals surface area contributed by atoms with Crippen molar-refractivity contribution in [2.45, 2.75) is 26.4 Å². The minimum absolute atomic E-state index is 0.822. The monoisotopic (exact) mass is 239 g/mol. The number of aromatic nitrogens is 2. The van der Waals surface area contributed by atoms with Crippen LogP contribution in [0, 0.1) is 0 Å². The van der Waals surface area contributed by atoms with Crippen molar-refractivity contribution in [3.8, 4) is 0 Å². The number of nitrogens with zero attached hydrogens (tertiary/aromatic N) is 2. The maximum atomic E-state index is 4.49. The molecule has 1 N–H and O–H groups in total. The predicted octanol–water partition coefficient (Wildman–Crippen LogP) is 2.45. The lowest BCUT2D eigenvalue weighted by molar-refractivity contribution is 0.671. The quantitative estimate of drug-likeness (QED) is 0.871. The van der Waals surface area contributed by atoms with Crippen molar-refractivity contribution in [1.29, 1.82) is 0 Å². The fourth-order valence-corrected chi connectivity index (χ4v) is 2.54. The number of thiazole rings is 2. The van der Waals surface area contributed by atoms with E-state index in [0.29, 0.717) is 0 Å². The molecule has 0 aliphatic carbocycles. The Labute approximate surface area is 97.2 Å². The van der Waals surface area contributed by atoms with Crippen molar-refractivity contribution >= 4 is 22.7 Å². The summed E-state index contributed by atoms with van der Waals surface area (Å²) in [6.45, 7) is 3.78. The van der Waals surface area contributed by atoms with E-state index in [4.69, 9.17) is 0 Å². The summed E-state index contributed by atoms with van der Waals surface area (Å²) in [6, 6.07) is 0. The Morgan fingerprint density at radius 2 is 2.13 bits per heavy atom. The Morgan fingerprint density at radius 1 is 1.27 bits per heavy atom. The van der Waals surface area contributed by atoms with Crippen molar-refractivity contribution in [2.75, 3.05) is 0 Å². The van der Waals surface area contributed by atoms with Gasteiger partial charge in [0, 0.05) is 23.8 Å². The van der Waals surface area contributed by atoms with Crippen LogP contribution in [0.1, 0.15) is 23.3 Å². The van der Waals surface area contributed by atoms with Crippen molar-refractivity contribution in [3.63, 3.8) is 0 Å². The standard InChI is InChI=1S/C10H13N3S2/c1-2-10-13-9(6-15-10)4-11-3-8-5-14-7-12-8/h5-7,11H,2-4H2,1H3. The molecule has 0 saturated carbocycles. The highest BCUT2D eigenvalue weighted by Crippen LogP contribution is 2.10. The van der Waals surface area contributed by atoms with E-state index in [9.17, 15) is 0 Å². The Bertz CT molecular complexity index is 394. The molecule has 15 heavy (non-hydrogen) atoms. The molecule has 80 valence electrons. The van der Waals surface area contributed by atoms with Crippen LogP contribution in [0.5, 0.6) is 0 Å². The van der Waals surface area contributed by atoms with Crippen LogP contribution in [0.15, 0.2) is 16.3 Å². The van der Waals surface area contributed by atoms with Crippen LogP contribution < -0.4 is 5.32 Å². The first-order valence-electron chi connectivity index (χ1n) is 4.89. The fraction of sp³-hybridized carbons (Fsp3) is 0.400. The third-order valence-electron chi connectivity index (χ3n) is 2.00. The van der Waals surface area contributed by atoms with E-state index in [1.165, 1.54) is 5.01 Å². The Balaban J connectivity index is 1.78. The second-order valence-electron chi connectivity index (χ2n) is 3.17. The summed E-state index contributed by atoms with van der Waals surface area (Å²) >= 11 is 3.36. The van der Waals surface area contributed by atoms with Crippen LogP contribution in [0.25, 0.3) is 0 Å². The third-order valence-corrected chi connectivity index (χ3v) is 3.67. The average Bonchev–Trinajstić information content (AvgIpc) is 2.88. The van der Waals surface area contributed by atoms with Gasteiger partial charge in [-0.25, -0.2) is 9.97 Å². The zero-order valence-electron chi connectivity index (χ0n) is 8.56. The maximum Gasteiger partial charge on any atom is 0.0926 e. The first-order chi connectivity index (χ1) is 7.38. The summed E-state index contributed by atoms with van der Waals surface area (Å²) in [4.78, 5) is 8.69. The van der Waals surface area contributed by atoms with Crippen molar-refractivity contribution in [2.24, 2.45) is 0 Å². The molecule has 0 unspecified atom stereocenters. The number of rotatable bonds is 5. The second kappa shape index (κ2) is 5.34. The zero-order chi connectivity index (χ0) is 10.5. The van der Waals surface area contributed by atoms with E-state index >= 15 is 0 Å². The number of hydrogen-bond donors (Lipinski definition) is 1. The molecule has 0 atom stereocenters.